The number of nitrogens with one attached hydrogen (secondary N) is 1. The average Bonchev–Trinajstić information content (AvgIpc) is 2.84. The van der Waals surface area contributed by atoms with Crippen LogP contribution in [-0.2, 0) is 0 Å². The Hall–Kier alpha value is -2.67. The van der Waals surface area contributed by atoms with E-state index in [0.29, 0.717) is 17.2 Å². The highest BCUT2D eigenvalue weighted by molar-refractivity contribution is 6.28. The highest BCUT2D eigenvalue weighted by atomic mass is 35.5. The molecule has 0 saturated carbocycles. The number of amides is 1. The first kappa shape index (κ1) is 17.7. The third-order valence-corrected chi connectivity index (χ3v) is 3.66. The van der Waals surface area contributed by atoms with Gasteiger partial charge in [-0.2, -0.15) is 0 Å². The zero-order chi connectivity index (χ0) is 17.9. The fourth-order valence-corrected chi connectivity index (χ4v) is 2.43. The number of hydrogen-bond acceptors (Lipinski definition) is 5. The second-order valence-corrected chi connectivity index (χ2v) is 5.78. The van der Waals surface area contributed by atoms with Gasteiger partial charge in [0.1, 0.15) is 11.6 Å². The first-order chi connectivity index (χ1) is 11.3. The van der Waals surface area contributed by atoms with Crippen LogP contribution in [0.4, 0.5) is 5.82 Å². The number of primary amides is 1. The Bertz CT molecular complexity index is 809. The number of anilines is 1. The molecule has 0 unspecified atom stereocenters. The highest BCUT2D eigenvalue weighted by Crippen LogP contribution is 2.24. The van der Waals surface area contributed by atoms with Crippen molar-refractivity contribution >= 4 is 36.1 Å². The van der Waals surface area contributed by atoms with Crippen molar-refractivity contribution in [3.8, 4) is 0 Å². The largest absolute Gasteiger partial charge is 0.366 e. The van der Waals surface area contributed by atoms with Gasteiger partial charge in [-0.25, -0.2) is 15.0 Å². The van der Waals surface area contributed by atoms with Gasteiger partial charge in [-0.15, -0.1) is 0 Å². The second kappa shape index (κ2) is 7.27. The molecule has 2 heterocycles. The second-order valence-electron chi connectivity index (χ2n) is 5.44. The van der Waals surface area contributed by atoms with E-state index in [1.807, 2.05) is 25.3 Å². The van der Waals surface area contributed by atoms with Crippen molar-refractivity contribution in [1.29, 1.82) is 0 Å². The monoisotopic (exact) mass is 346 g/mol. The summed E-state index contributed by atoms with van der Waals surface area (Å²) in [7, 11) is 0. The van der Waals surface area contributed by atoms with E-state index in [1.165, 1.54) is 6.20 Å². The van der Waals surface area contributed by atoms with E-state index in [0.717, 1.165) is 11.3 Å². The maximum absolute atomic E-state index is 11.6. The molecular formula is C16H19ClN6O. The quantitative estimate of drug-likeness (QED) is 0.620. The lowest BCUT2D eigenvalue weighted by atomic mass is 10.1. The summed E-state index contributed by atoms with van der Waals surface area (Å²) in [5.74, 6) is 0.484. The van der Waals surface area contributed by atoms with Crippen LogP contribution in [0.2, 0.25) is 5.28 Å². The molecule has 8 heteroatoms. The minimum Gasteiger partial charge on any atom is -0.366 e. The van der Waals surface area contributed by atoms with E-state index in [1.54, 1.807) is 18.3 Å². The van der Waals surface area contributed by atoms with Gasteiger partial charge >= 0.3 is 0 Å². The van der Waals surface area contributed by atoms with Gasteiger partial charge in [-0.1, -0.05) is 0 Å². The maximum atomic E-state index is 11.6. The number of aliphatic imine (C=N–C) groups is 1. The predicted octanol–water partition coefficient (Wildman–Crippen LogP) is 3.03. The van der Waals surface area contributed by atoms with Crippen LogP contribution >= 0.6 is 11.6 Å². The summed E-state index contributed by atoms with van der Waals surface area (Å²) in [5.41, 5.74) is 7.51. The molecule has 0 aromatic carbocycles. The van der Waals surface area contributed by atoms with Crippen LogP contribution < -0.4 is 11.1 Å². The summed E-state index contributed by atoms with van der Waals surface area (Å²) in [6, 6.07) is 1.80. The fraction of sp³-hybridized carbons (Fsp3) is 0.250. The topological polar surface area (TPSA) is 98.2 Å². The molecule has 0 aliphatic rings. The molecular weight excluding hydrogens is 328 g/mol. The zero-order valence-electron chi connectivity index (χ0n) is 13.7. The van der Waals surface area contributed by atoms with E-state index < -0.39 is 5.91 Å². The van der Waals surface area contributed by atoms with Crippen LogP contribution in [0.15, 0.2) is 29.3 Å². The van der Waals surface area contributed by atoms with E-state index in [2.05, 4.69) is 27.0 Å². The summed E-state index contributed by atoms with van der Waals surface area (Å²) >= 11 is 5.78. The first-order valence-electron chi connectivity index (χ1n) is 7.28. The summed E-state index contributed by atoms with van der Waals surface area (Å²) in [6.45, 7) is 9.43. The van der Waals surface area contributed by atoms with Crippen LogP contribution in [0.5, 0.6) is 0 Å². The van der Waals surface area contributed by atoms with E-state index >= 15 is 0 Å². The molecule has 0 aliphatic heterocycles. The van der Waals surface area contributed by atoms with E-state index in [-0.39, 0.29) is 11.3 Å². The number of carbonyl (C=O) groups is 1. The molecule has 0 radical (unpaired) electrons. The molecule has 7 nitrogen and oxygen atoms in total. The fourth-order valence-electron chi connectivity index (χ4n) is 2.28. The van der Waals surface area contributed by atoms with Gasteiger partial charge in [0.05, 0.1) is 5.56 Å². The van der Waals surface area contributed by atoms with Crippen molar-refractivity contribution in [3.63, 3.8) is 0 Å². The highest BCUT2D eigenvalue weighted by Gasteiger charge is 2.16. The SMILES string of the molecule is C=N/C(=C\c1c(C)c(C(N)=O)cn1C(C)C)Nc1ccnc(Cl)n1. The van der Waals surface area contributed by atoms with Gasteiger partial charge in [0.25, 0.3) is 5.91 Å². The Balaban J connectivity index is 2.47. The van der Waals surface area contributed by atoms with E-state index in [9.17, 15) is 4.79 Å². The third kappa shape index (κ3) is 3.80. The molecule has 24 heavy (non-hydrogen) atoms. The summed E-state index contributed by atoms with van der Waals surface area (Å²) in [6.07, 6.45) is 5.06. The van der Waals surface area contributed by atoms with Crippen LogP contribution in [-0.4, -0.2) is 27.2 Å². The maximum Gasteiger partial charge on any atom is 0.250 e. The van der Waals surface area contributed by atoms with Gasteiger partial charge in [-0.05, 0) is 50.7 Å². The Morgan fingerprint density at radius 1 is 1.54 bits per heavy atom. The predicted molar refractivity (Wildman–Crippen MR) is 96.3 cm³/mol. The average molecular weight is 347 g/mol. The number of carbonyl (C=O) groups excluding carboxylic acids is 1. The lowest BCUT2D eigenvalue weighted by Gasteiger charge is -2.12. The molecule has 2 aromatic rings. The summed E-state index contributed by atoms with van der Waals surface area (Å²) < 4.78 is 1.95. The minimum absolute atomic E-state index is 0.126. The van der Waals surface area contributed by atoms with Crippen molar-refractivity contribution in [3.05, 3.63) is 46.4 Å². The molecule has 0 spiro atoms. The molecule has 2 aromatic heterocycles. The summed E-state index contributed by atoms with van der Waals surface area (Å²) in [5, 5.41) is 3.14. The van der Waals surface area contributed by atoms with Gasteiger partial charge in [0.2, 0.25) is 5.28 Å². The number of nitrogens with two attached hydrogens (primary N) is 1. The molecule has 3 N–H and O–H groups in total. The number of aromatic nitrogens is 3. The number of rotatable bonds is 6. The molecule has 0 aliphatic carbocycles. The van der Waals surface area contributed by atoms with Gasteiger partial charge in [0, 0.05) is 30.2 Å². The number of nitrogens with zero attached hydrogens (tertiary/aromatic N) is 4. The molecule has 1 amide bonds. The molecule has 2 rings (SSSR count). The third-order valence-electron chi connectivity index (χ3n) is 3.48. The Kier molecular flexibility index (Phi) is 5.35. The van der Waals surface area contributed by atoms with Crippen molar-refractivity contribution in [1.82, 2.24) is 14.5 Å². The van der Waals surface area contributed by atoms with Crippen LogP contribution in [0.1, 0.15) is 41.5 Å². The van der Waals surface area contributed by atoms with Crippen molar-refractivity contribution in [2.24, 2.45) is 10.7 Å². The Morgan fingerprint density at radius 3 is 2.79 bits per heavy atom. The molecule has 0 fully saturated rings. The lowest BCUT2D eigenvalue weighted by Crippen LogP contribution is -2.11. The first-order valence-corrected chi connectivity index (χ1v) is 7.66. The number of hydrogen-bond donors (Lipinski definition) is 2. The number of halogens is 1. The minimum atomic E-state index is -0.467. The van der Waals surface area contributed by atoms with Crippen LogP contribution in [0.25, 0.3) is 6.08 Å². The molecule has 0 atom stereocenters. The van der Waals surface area contributed by atoms with Crippen molar-refractivity contribution in [2.75, 3.05) is 5.32 Å². The standard InChI is InChI=1S/C16H19ClN6O/c1-9(2)23-8-11(15(18)24)10(3)12(23)7-14(19-4)21-13-5-6-20-16(17)22-13/h5-9H,4H2,1-3H3,(H2,18,24)(H,20,21,22)/b14-7+. The normalized spacial score (nSPS) is 11.6. The van der Waals surface area contributed by atoms with Crippen molar-refractivity contribution in [2.45, 2.75) is 26.8 Å². The van der Waals surface area contributed by atoms with Gasteiger partial charge < -0.3 is 15.6 Å². The smallest absolute Gasteiger partial charge is 0.250 e. The van der Waals surface area contributed by atoms with Crippen molar-refractivity contribution < 1.29 is 4.79 Å². The summed E-state index contributed by atoms with van der Waals surface area (Å²) in [4.78, 5) is 23.4. The van der Waals surface area contributed by atoms with Gasteiger partial charge in [0.15, 0.2) is 0 Å². The van der Waals surface area contributed by atoms with Crippen LogP contribution in [0.3, 0.4) is 0 Å². The molecule has 0 bridgehead atoms. The Morgan fingerprint density at radius 2 is 2.25 bits per heavy atom. The Labute approximate surface area is 145 Å². The van der Waals surface area contributed by atoms with E-state index in [4.69, 9.17) is 17.3 Å². The molecule has 126 valence electrons. The molecule has 0 saturated heterocycles. The van der Waals surface area contributed by atoms with Gasteiger partial charge in [-0.3, -0.25) is 4.79 Å². The zero-order valence-corrected chi connectivity index (χ0v) is 14.5. The lowest BCUT2D eigenvalue weighted by molar-refractivity contribution is 0.0999. The van der Waals surface area contributed by atoms with Crippen LogP contribution in [0, 0.1) is 6.92 Å².